The highest BCUT2D eigenvalue weighted by molar-refractivity contribution is 7.12. The van der Waals surface area contributed by atoms with Crippen LogP contribution in [0.2, 0.25) is 0 Å². The standard InChI is InChI=1S/C13H13NO2S/c1-9-14-13(10-5-3-2-4-6-10)11(17-9)7-8-12(15)16/h2-6H,7-8H2,1H3,(H,15,16). The van der Waals surface area contributed by atoms with Crippen molar-refractivity contribution in [2.45, 2.75) is 19.8 Å². The van der Waals surface area contributed by atoms with Gasteiger partial charge in [-0.1, -0.05) is 30.3 Å². The SMILES string of the molecule is Cc1nc(-c2ccccc2)c(CCC(=O)O)s1. The second-order valence-electron chi connectivity index (χ2n) is 3.76. The number of aryl methyl sites for hydroxylation is 2. The van der Waals surface area contributed by atoms with Crippen molar-refractivity contribution in [3.05, 3.63) is 40.2 Å². The van der Waals surface area contributed by atoms with Gasteiger partial charge in [-0.25, -0.2) is 4.98 Å². The van der Waals surface area contributed by atoms with E-state index in [-0.39, 0.29) is 6.42 Å². The molecule has 0 aliphatic carbocycles. The molecule has 1 aromatic heterocycles. The number of benzene rings is 1. The number of aromatic nitrogens is 1. The fraction of sp³-hybridized carbons (Fsp3) is 0.231. The Morgan fingerprint density at radius 3 is 2.71 bits per heavy atom. The fourth-order valence-electron chi connectivity index (χ4n) is 1.68. The highest BCUT2D eigenvalue weighted by atomic mass is 32.1. The Morgan fingerprint density at radius 2 is 2.06 bits per heavy atom. The first kappa shape index (κ1) is 11.8. The van der Waals surface area contributed by atoms with E-state index in [0.717, 1.165) is 21.1 Å². The summed E-state index contributed by atoms with van der Waals surface area (Å²) in [5.41, 5.74) is 1.98. The first-order valence-electron chi connectivity index (χ1n) is 5.40. The smallest absolute Gasteiger partial charge is 0.303 e. The van der Waals surface area contributed by atoms with Crippen LogP contribution in [0, 0.1) is 6.92 Å². The highest BCUT2D eigenvalue weighted by Gasteiger charge is 2.12. The van der Waals surface area contributed by atoms with E-state index in [4.69, 9.17) is 5.11 Å². The molecular formula is C13H13NO2S. The minimum absolute atomic E-state index is 0.154. The van der Waals surface area contributed by atoms with Crippen molar-refractivity contribution >= 4 is 17.3 Å². The number of carboxylic acids is 1. The van der Waals surface area contributed by atoms with Gasteiger partial charge in [0.15, 0.2) is 0 Å². The van der Waals surface area contributed by atoms with Crippen LogP contribution < -0.4 is 0 Å². The number of thiazole rings is 1. The lowest BCUT2D eigenvalue weighted by Gasteiger charge is -2.00. The molecule has 1 aromatic carbocycles. The molecule has 0 radical (unpaired) electrons. The summed E-state index contributed by atoms with van der Waals surface area (Å²) in [6.45, 7) is 1.95. The summed E-state index contributed by atoms with van der Waals surface area (Å²) in [5.74, 6) is -0.768. The van der Waals surface area contributed by atoms with E-state index >= 15 is 0 Å². The Labute approximate surface area is 104 Å². The van der Waals surface area contributed by atoms with E-state index in [2.05, 4.69) is 4.98 Å². The molecular weight excluding hydrogens is 234 g/mol. The van der Waals surface area contributed by atoms with Crippen LogP contribution in [0.5, 0.6) is 0 Å². The average molecular weight is 247 g/mol. The van der Waals surface area contributed by atoms with Gasteiger partial charge in [0.1, 0.15) is 0 Å². The topological polar surface area (TPSA) is 50.2 Å². The molecule has 0 aliphatic rings. The molecule has 0 bridgehead atoms. The lowest BCUT2D eigenvalue weighted by molar-refractivity contribution is -0.136. The normalized spacial score (nSPS) is 10.4. The Kier molecular flexibility index (Phi) is 3.54. The maximum absolute atomic E-state index is 10.6. The summed E-state index contributed by atoms with van der Waals surface area (Å²) in [6, 6.07) is 9.88. The molecule has 1 heterocycles. The molecule has 0 saturated heterocycles. The second kappa shape index (κ2) is 5.10. The van der Waals surface area contributed by atoms with E-state index in [1.165, 1.54) is 0 Å². The maximum atomic E-state index is 10.6. The Morgan fingerprint density at radius 1 is 1.35 bits per heavy atom. The molecule has 0 aliphatic heterocycles. The van der Waals surface area contributed by atoms with Crippen LogP contribution in [-0.2, 0) is 11.2 Å². The van der Waals surface area contributed by atoms with Crippen LogP contribution in [-0.4, -0.2) is 16.1 Å². The lowest BCUT2D eigenvalue weighted by atomic mass is 10.1. The van der Waals surface area contributed by atoms with Crippen molar-refractivity contribution in [3.8, 4) is 11.3 Å². The Hall–Kier alpha value is -1.68. The fourth-order valence-corrected chi connectivity index (χ4v) is 2.64. The molecule has 0 amide bonds. The van der Waals surface area contributed by atoms with Gasteiger partial charge in [0.2, 0.25) is 0 Å². The zero-order valence-corrected chi connectivity index (χ0v) is 10.3. The van der Waals surface area contributed by atoms with Gasteiger partial charge < -0.3 is 5.11 Å². The molecule has 0 spiro atoms. The molecule has 17 heavy (non-hydrogen) atoms. The quantitative estimate of drug-likeness (QED) is 0.903. The third kappa shape index (κ3) is 2.91. The van der Waals surface area contributed by atoms with Crippen molar-refractivity contribution in [1.29, 1.82) is 0 Å². The molecule has 4 heteroatoms. The zero-order chi connectivity index (χ0) is 12.3. The predicted octanol–water partition coefficient (Wildman–Crippen LogP) is 3.14. The molecule has 0 atom stereocenters. The van der Waals surface area contributed by atoms with Crippen molar-refractivity contribution in [2.75, 3.05) is 0 Å². The number of hydrogen-bond donors (Lipinski definition) is 1. The Balaban J connectivity index is 2.31. The van der Waals surface area contributed by atoms with Gasteiger partial charge in [-0.2, -0.15) is 0 Å². The van der Waals surface area contributed by atoms with Crippen LogP contribution in [0.15, 0.2) is 30.3 Å². The van der Waals surface area contributed by atoms with Crippen LogP contribution in [0.1, 0.15) is 16.3 Å². The summed E-state index contributed by atoms with van der Waals surface area (Å²) in [7, 11) is 0. The number of carboxylic acid groups (broad SMARTS) is 1. The first-order valence-corrected chi connectivity index (χ1v) is 6.22. The highest BCUT2D eigenvalue weighted by Crippen LogP contribution is 2.28. The van der Waals surface area contributed by atoms with Crippen molar-refractivity contribution < 1.29 is 9.90 Å². The maximum Gasteiger partial charge on any atom is 0.303 e. The van der Waals surface area contributed by atoms with Gasteiger partial charge in [0, 0.05) is 10.4 Å². The summed E-state index contributed by atoms with van der Waals surface area (Å²) in [4.78, 5) is 16.1. The van der Waals surface area contributed by atoms with E-state index in [1.54, 1.807) is 11.3 Å². The molecule has 0 fully saturated rings. The van der Waals surface area contributed by atoms with Gasteiger partial charge in [-0.3, -0.25) is 4.79 Å². The van der Waals surface area contributed by atoms with Crippen LogP contribution in [0.4, 0.5) is 0 Å². The minimum Gasteiger partial charge on any atom is -0.481 e. The Bertz CT molecular complexity index is 519. The van der Waals surface area contributed by atoms with E-state index in [9.17, 15) is 4.79 Å². The summed E-state index contributed by atoms with van der Waals surface area (Å²) < 4.78 is 0. The molecule has 0 saturated carbocycles. The van der Waals surface area contributed by atoms with Gasteiger partial charge in [0.25, 0.3) is 0 Å². The van der Waals surface area contributed by atoms with Crippen LogP contribution >= 0.6 is 11.3 Å². The average Bonchev–Trinajstić information content (AvgIpc) is 2.69. The van der Waals surface area contributed by atoms with Crippen molar-refractivity contribution in [2.24, 2.45) is 0 Å². The number of rotatable bonds is 4. The third-order valence-electron chi connectivity index (χ3n) is 2.42. The molecule has 0 unspecified atom stereocenters. The van der Waals surface area contributed by atoms with E-state index in [1.807, 2.05) is 37.3 Å². The largest absolute Gasteiger partial charge is 0.481 e. The molecule has 88 valence electrons. The summed E-state index contributed by atoms with van der Waals surface area (Å²) >= 11 is 1.58. The van der Waals surface area contributed by atoms with Crippen molar-refractivity contribution in [3.63, 3.8) is 0 Å². The number of aliphatic carboxylic acids is 1. The summed E-state index contributed by atoms with van der Waals surface area (Å²) in [6.07, 6.45) is 0.701. The van der Waals surface area contributed by atoms with Gasteiger partial charge in [0.05, 0.1) is 17.1 Å². The number of carbonyl (C=O) groups is 1. The summed E-state index contributed by atoms with van der Waals surface area (Å²) in [5, 5.41) is 9.70. The first-order chi connectivity index (χ1) is 8.16. The van der Waals surface area contributed by atoms with Crippen LogP contribution in [0.3, 0.4) is 0 Å². The van der Waals surface area contributed by atoms with E-state index in [0.29, 0.717) is 6.42 Å². The lowest BCUT2D eigenvalue weighted by Crippen LogP contribution is -1.97. The molecule has 3 nitrogen and oxygen atoms in total. The second-order valence-corrected chi connectivity index (χ2v) is 5.05. The molecule has 2 rings (SSSR count). The monoisotopic (exact) mass is 247 g/mol. The zero-order valence-electron chi connectivity index (χ0n) is 9.51. The molecule has 2 aromatic rings. The predicted molar refractivity (Wildman–Crippen MR) is 68.2 cm³/mol. The van der Waals surface area contributed by atoms with Gasteiger partial charge in [-0.05, 0) is 13.3 Å². The van der Waals surface area contributed by atoms with Gasteiger partial charge in [-0.15, -0.1) is 11.3 Å². The van der Waals surface area contributed by atoms with Crippen molar-refractivity contribution in [1.82, 2.24) is 4.98 Å². The van der Waals surface area contributed by atoms with E-state index < -0.39 is 5.97 Å². The molecule has 1 N–H and O–H groups in total. The third-order valence-corrected chi connectivity index (χ3v) is 3.45. The minimum atomic E-state index is -0.768. The van der Waals surface area contributed by atoms with Crippen LogP contribution in [0.25, 0.3) is 11.3 Å². The number of hydrogen-bond acceptors (Lipinski definition) is 3. The number of nitrogens with zero attached hydrogens (tertiary/aromatic N) is 1. The van der Waals surface area contributed by atoms with Gasteiger partial charge >= 0.3 is 5.97 Å².